The molecular formula is C16H17FN2O2. The summed E-state index contributed by atoms with van der Waals surface area (Å²) >= 11 is 0. The molecule has 0 bridgehead atoms. The van der Waals surface area contributed by atoms with Crippen molar-refractivity contribution >= 4 is 5.78 Å². The molecule has 2 aromatic rings. The number of carbonyl (C=O) groups is 1. The smallest absolute Gasteiger partial charge is 0.227 e. The van der Waals surface area contributed by atoms with E-state index in [9.17, 15) is 9.18 Å². The van der Waals surface area contributed by atoms with Crippen LogP contribution in [0, 0.1) is 18.7 Å². The first-order valence-corrected chi connectivity index (χ1v) is 7.24. The quantitative estimate of drug-likeness (QED) is 0.867. The lowest BCUT2D eigenvalue weighted by atomic mass is 9.86. The number of hydrogen-bond acceptors (Lipinski definition) is 4. The number of ketones is 1. The summed E-state index contributed by atoms with van der Waals surface area (Å²) in [5, 5.41) is 3.90. The van der Waals surface area contributed by atoms with Gasteiger partial charge in [-0.25, -0.2) is 4.39 Å². The average molecular weight is 288 g/mol. The lowest BCUT2D eigenvalue weighted by Crippen LogP contribution is -2.21. The van der Waals surface area contributed by atoms with E-state index in [1.54, 1.807) is 0 Å². The van der Waals surface area contributed by atoms with Crippen LogP contribution in [0.1, 0.15) is 37.1 Å². The number of rotatable bonds is 3. The highest BCUT2D eigenvalue weighted by Crippen LogP contribution is 2.25. The van der Waals surface area contributed by atoms with Crippen molar-refractivity contribution in [1.29, 1.82) is 0 Å². The van der Waals surface area contributed by atoms with Gasteiger partial charge in [-0.05, 0) is 43.5 Å². The van der Waals surface area contributed by atoms with Gasteiger partial charge < -0.3 is 4.52 Å². The van der Waals surface area contributed by atoms with E-state index in [1.807, 2.05) is 13.0 Å². The maximum atomic E-state index is 13.4. The van der Waals surface area contributed by atoms with Crippen molar-refractivity contribution in [3.63, 3.8) is 0 Å². The molecule has 0 spiro atoms. The van der Waals surface area contributed by atoms with Gasteiger partial charge in [0, 0.05) is 24.3 Å². The van der Waals surface area contributed by atoms with Crippen LogP contribution in [0.2, 0.25) is 0 Å². The molecule has 4 nitrogen and oxygen atoms in total. The van der Waals surface area contributed by atoms with Crippen molar-refractivity contribution in [3.8, 4) is 11.4 Å². The summed E-state index contributed by atoms with van der Waals surface area (Å²) in [6, 6.07) is 4.64. The van der Waals surface area contributed by atoms with Crippen LogP contribution < -0.4 is 0 Å². The highest BCUT2D eigenvalue weighted by atomic mass is 19.1. The van der Waals surface area contributed by atoms with Gasteiger partial charge >= 0.3 is 0 Å². The minimum Gasteiger partial charge on any atom is -0.339 e. The standard InChI is InChI=1S/C16H17FN2O2/c1-10-6-12(8-13(17)7-10)16-18-15(21-19-16)9-11-4-2-3-5-14(11)20/h6-8,11H,2-5,9H2,1H3. The van der Waals surface area contributed by atoms with Gasteiger partial charge in [-0.3, -0.25) is 4.79 Å². The molecule has 1 fully saturated rings. The van der Waals surface area contributed by atoms with Crippen molar-refractivity contribution in [2.45, 2.75) is 39.0 Å². The average Bonchev–Trinajstić information content (AvgIpc) is 2.89. The third-order valence-corrected chi connectivity index (χ3v) is 3.87. The summed E-state index contributed by atoms with van der Waals surface area (Å²) in [6.07, 6.45) is 4.07. The first-order valence-electron chi connectivity index (χ1n) is 7.24. The van der Waals surface area contributed by atoms with Gasteiger partial charge in [-0.2, -0.15) is 4.98 Å². The number of hydrogen-bond donors (Lipinski definition) is 0. The van der Waals surface area contributed by atoms with Crippen LogP contribution in [0.25, 0.3) is 11.4 Å². The minimum atomic E-state index is -0.321. The van der Waals surface area contributed by atoms with E-state index in [1.165, 1.54) is 12.1 Å². The maximum Gasteiger partial charge on any atom is 0.227 e. The van der Waals surface area contributed by atoms with Crippen LogP contribution in [0.3, 0.4) is 0 Å². The predicted molar refractivity (Wildman–Crippen MR) is 75.1 cm³/mol. The summed E-state index contributed by atoms with van der Waals surface area (Å²) in [5.74, 6) is 0.769. The van der Waals surface area contributed by atoms with Gasteiger partial charge in [-0.1, -0.05) is 11.6 Å². The van der Waals surface area contributed by atoms with Crippen LogP contribution in [0.4, 0.5) is 4.39 Å². The van der Waals surface area contributed by atoms with Gasteiger partial charge in [0.25, 0.3) is 0 Å². The molecule has 1 aliphatic rings. The molecule has 5 heteroatoms. The molecule has 0 saturated heterocycles. The third kappa shape index (κ3) is 3.17. The molecule has 1 aromatic heterocycles. The molecule has 1 unspecified atom stereocenters. The Morgan fingerprint density at radius 3 is 2.95 bits per heavy atom. The van der Waals surface area contributed by atoms with Crippen molar-refractivity contribution in [1.82, 2.24) is 10.1 Å². The molecule has 1 saturated carbocycles. The van der Waals surface area contributed by atoms with Gasteiger partial charge in [0.15, 0.2) is 0 Å². The summed E-state index contributed by atoms with van der Waals surface area (Å²) in [6.45, 7) is 1.81. The molecule has 3 rings (SSSR count). The lowest BCUT2D eigenvalue weighted by molar-refractivity contribution is -0.124. The van der Waals surface area contributed by atoms with E-state index < -0.39 is 0 Å². The van der Waals surface area contributed by atoms with Crippen molar-refractivity contribution in [3.05, 3.63) is 35.5 Å². The fourth-order valence-corrected chi connectivity index (χ4v) is 2.80. The van der Waals surface area contributed by atoms with E-state index in [4.69, 9.17) is 4.52 Å². The first-order chi connectivity index (χ1) is 10.1. The van der Waals surface area contributed by atoms with Crippen molar-refractivity contribution in [2.75, 3.05) is 0 Å². The van der Waals surface area contributed by atoms with E-state index >= 15 is 0 Å². The molecule has 0 N–H and O–H groups in total. The monoisotopic (exact) mass is 288 g/mol. The molecule has 1 heterocycles. The number of aromatic nitrogens is 2. The normalized spacial score (nSPS) is 19.0. The van der Waals surface area contributed by atoms with Crippen LogP contribution in [-0.2, 0) is 11.2 Å². The maximum absolute atomic E-state index is 13.4. The Bertz CT molecular complexity index is 646. The van der Waals surface area contributed by atoms with Gasteiger partial charge in [0.05, 0.1) is 0 Å². The molecule has 110 valence electrons. The Morgan fingerprint density at radius 1 is 1.33 bits per heavy atom. The second-order valence-electron chi connectivity index (χ2n) is 5.64. The van der Waals surface area contributed by atoms with E-state index in [-0.39, 0.29) is 17.5 Å². The second kappa shape index (κ2) is 5.76. The van der Waals surface area contributed by atoms with Crippen LogP contribution in [-0.4, -0.2) is 15.9 Å². The topological polar surface area (TPSA) is 56.0 Å². The fourth-order valence-electron chi connectivity index (χ4n) is 2.80. The molecular weight excluding hydrogens is 271 g/mol. The van der Waals surface area contributed by atoms with E-state index in [2.05, 4.69) is 10.1 Å². The van der Waals surface area contributed by atoms with Crippen LogP contribution >= 0.6 is 0 Å². The summed E-state index contributed by atoms with van der Waals surface area (Å²) < 4.78 is 18.6. The van der Waals surface area contributed by atoms with Crippen LogP contribution in [0.15, 0.2) is 22.7 Å². The summed E-state index contributed by atoms with van der Waals surface area (Å²) in [7, 11) is 0. The van der Waals surface area contributed by atoms with Gasteiger partial charge in [-0.15, -0.1) is 0 Å². The highest BCUT2D eigenvalue weighted by molar-refractivity contribution is 5.81. The second-order valence-corrected chi connectivity index (χ2v) is 5.64. The molecule has 1 aromatic carbocycles. The van der Waals surface area contributed by atoms with Crippen molar-refractivity contribution in [2.24, 2.45) is 5.92 Å². The van der Waals surface area contributed by atoms with Gasteiger partial charge in [0.2, 0.25) is 11.7 Å². The third-order valence-electron chi connectivity index (χ3n) is 3.87. The fraction of sp³-hybridized carbons (Fsp3) is 0.438. The Kier molecular flexibility index (Phi) is 3.82. The number of carbonyl (C=O) groups excluding carboxylic acids is 1. The Morgan fingerprint density at radius 2 is 2.19 bits per heavy atom. The highest BCUT2D eigenvalue weighted by Gasteiger charge is 2.24. The van der Waals surface area contributed by atoms with E-state index in [0.29, 0.717) is 30.1 Å². The lowest BCUT2D eigenvalue weighted by Gasteiger charge is -2.18. The largest absolute Gasteiger partial charge is 0.339 e. The number of benzene rings is 1. The van der Waals surface area contributed by atoms with Crippen LogP contribution in [0.5, 0.6) is 0 Å². The zero-order chi connectivity index (χ0) is 14.8. The zero-order valence-electron chi connectivity index (χ0n) is 11.9. The number of aryl methyl sites for hydroxylation is 1. The van der Waals surface area contributed by atoms with Crippen molar-refractivity contribution < 1.29 is 13.7 Å². The summed E-state index contributed by atoms with van der Waals surface area (Å²) in [4.78, 5) is 16.1. The Balaban J connectivity index is 1.78. The Hall–Kier alpha value is -2.04. The first kappa shape index (κ1) is 13.9. The number of Topliss-reactive ketones (excluding diaryl/α,β-unsaturated/α-hetero) is 1. The number of halogens is 1. The molecule has 0 radical (unpaired) electrons. The van der Waals surface area contributed by atoms with E-state index in [0.717, 1.165) is 24.8 Å². The molecule has 0 amide bonds. The summed E-state index contributed by atoms with van der Waals surface area (Å²) in [5.41, 5.74) is 1.40. The molecule has 1 atom stereocenters. The SMILES string of the molecule is Cc1cc(F)cc(-c2noc(CC3CCCCC3=O)n2)c1. The Labute approximate surface area is 122 Å². The molecule has 21 heavy (non-hydrogen) atoms. The molecule has 1 aliphatic carbocycles. The molecule has 0 aliphatic heterocycles. The number of nitrogens with zero attached hydrogens (tertiary/aromatic N) is 2. The zero-order valence-corrected chi connectivity index (χ0v) is 11.9. The van der Waals surface area contributed by atoms with Gasteiger partial charge in [0.1, 0.15) is 11.6 Å². The minimum absolute atomic E-state index is 0.0127. The predicted octanol–water partition coefficient (Wildman–Crippen LogP) is 3.49.